The van der Waals surface area contributed by atoms with Crippen LogP contribution < -0.4 is 10.2 Å². The largest absolute Gasteiger partial charge is 0.356 e. The van der Waals surface area contributed by atoms with E-state index in [1.54, 1.807) is 4.90 Å². The number of amides is 2. The molecule has 0 aliphatic carbocycles. The van der Waals surface area contributed by atoms with Crippen LogP contribution >= 0.6 is 0 Å². The predicted molar refractivity (Wildman–Crippen MR) is 104 cm³/mol. The van der Waals surface area contributed by atoms with E-state index < -0.39 is 0 Å². The van der Waals surface area contributed by atoms with Crippen molar-refractivity contribution >= 4 is 17.5 Å². The summed E-state index contributed by atoms with van der Waals surface area (Å²) in [5, 5.41) is 3.00. The first kappa shape index (κ1) is 18.2. The Balaban J connectivity index is 1.51. The highest BCUT2D eigenvalue weighted by molar-refractivity contribution is 6.00. The molecule has 0 aromatic heterocycles. The van der Waals surface area contributed by atoms with E-state index in [9.17, 15) is 9.59 Å². The monoisotopic (exact) mass is 350 g/mol. The van der Waals surface area contributed by atoms with Crippen LogP contribution in [0.5, 0.6) is 0 Å². The van der Waals surface area contributed by atoms with Gasteiger partial charge in [-0.2, -0.15) is 0 Å². The SMILES string of the molecule is Cc1ccc(C)c(N2CC(C(=O)NCCCc3ccccc3)CC2=O)c1. The molecule has 4 heteroatoms. The third-order valence-electron chi connectivity index (χ3n) is 4.94. The van der Waals surface area contributed by atoms with Crippen LogP contribution in [0.1, 0.15) is 29.5 Å². The van der Waals surface area contributed by atoms with Crippen molar-refractivity contribution in [3.8, 4) is 0 Å². The van der Waals surface area contributed by atoms with Gasteiger partial charge in [-0.15, -0.1) is 0 Å². The first-order valence-corrected chi connectivity index (χ1v) is 9.24. The van der Waals surface area contributed by atoms with Crippen LogP contribution in [-0.4, -0.2) is 24.9 Å². The van der Waals surface area contributed by atoms with Gasteiger partial charge in [0.25, 0.3) is 0 Å². The number of nitrogens with zero attached hydrogens (tertiary/aromatic N) is 1. The van der Waals surface area contributed by atoms with Crippen LogP contribution in [0.15, 0.2) is 48.5 Å². The van der Waals surface area contributed by atoms with Crippen molar-refractivity contribution in [2.45, 2.75) is 33.1 Å². The average Bonchev–Trinajstić information content (AvgIpc) is 3.03. The van der Waals surface area contributed by atoms with Gasteiger partial charge in [0.15, 0.2) is 0 Å². The van der Waals surface area contributed by atoms with E-state index in [4.69, 9.17) is 0 Å². The lowest BCUT2D eigenvalue weighted by Crippen LogP contribution is -2.33. The Bertz CT molecular complexity index is 786. The van der Waals surface area contributed by atoms with Gasteiger partial charge in [-0.25, -0.2) is 0 Å². The van der Waals surface area contributed by atoms with Crippen LogP contribution in [0.2, 0.25) is 0 Å². The second-order valence-electron chi connectivity index (χ2n) is 7.08. The fourth-order valence-electron chi connectivity index (χ4n) is 3.42. The van der Waals surface area contributed by atoms with Crippen LogP contribution in [0, 0.1) is 19.8 Å². The lowest BCUT2D eigenvalue weighted by molar-refractivity contribution is -0.126. The van der Waals surface area contributed by atoms with E-state index in [1.165, 1.54) is 5.56 Å². The molecule has 1 atom stereocenters. The third kappa shape index (κ3) is 4.31. The Hall–Kier alpha value is -2.62. The van der Waals surface area contributed by atoms with Gasteiger partial charge in [0, 0.05) is 25.2 Å². The first-order valence-electron chi connectivity index (χ1n) is 9.24. The standard InChI is InChI=1S/C22H26N2O2/c1-16-10-11-17(2)20(13-16)24-15-19(14-21(24)25)22(26)23-12-6-9-18-7-4-3-5-8-18/h3-5,7-8,10-11,13,19H,6,9,12,14-15H2,1-2H3,(H,23,26). The third-order valence-corrected chi connectivity index (χ3v) is 4.94. The molecule has 1 aliphatic heterocycles. The van der Waals surface area contributed by atoms with Crippen molar-refractivity contribution in [2.24, 2.45) is 5.92 Å². The fourth-order valence-corrected chi connectivity index (χ4v) is 3.42. The minimum absolute atomic E-state index is 0.0146. The normalized spacial score (nSPS) is 16.8. The molecule has 2 amide bonds. The molecule has 136 valence electrons. The van der Waals surface area contributed by atoms with Crippen LogP contribution in [0.25, 0.3) is 0 Å². The summed E-state index contributed by atoms with van der Waals surface area (Å²) in [5.74, 6) is -0.249. The van der Waals surface area contributed by atoms with Crippen molar-refractivity contribution in [1.29, 1.82) is 0 Å². The Morgan fingerprint density at radius 2 is 1.92 bits per heavy atom. The van der Waals surface area contributed by atoms with Gasteiger partial charge in [0.2, 0.25) is 11.8 Å². The number of anilines is 1. The van der Waals surface area contributed by atoms with Crippen molar-refractivity contribution in [3.05, 3.63) is 65.2 Å². The molecule has 2 aromatic rings. The quantitative estimate of drug-likeness (QED) is 0.812. The van der Waals surface area contributed by atoms with Gasteiger partial charge in [-0.3, -0.25) is 9.59 Å². The molecule has 4 nitrogen and oxygen atoms in total. The van der Waals surface area contributed by atoms with Crippen molar-refractivity contribution in [3.63, 3.8) is 0 Å². The molecule has 1 heterocycles. The van der Waals surface area contributed by atoms with Gasteiger partial charge in [0.1, 0.15) is 0 Å². The molecule has 1 unspecified atom stereocenters. The zero-order chi connectivity index (χ0) is 18.5. The minimum Gasteiger partial charge on any atom is -0.356 e. The predicted octanol–water partition coefficient (Wildman–Crippen LogP) is 3.41. The van der Waals surface area contributed by atoms with Gasteiger partial charge in [-0.05, 0) is 49.4 Å². The summed E-state index contributed by atoms with van der Waals surface area (Å²) in [6.07, 6.45) is 2.13. The van der Waals surface area contributed by atoms with E-state index in [2.05, 4.69) is 17.4 Å². The highest BCUT2D eigenvalue weighted by atomic mass is 16.2. The summed E-state index contributed by atoms with van der Waals surface area (Å²) < 4.78 is 0. The smallest absolute Gasteiger partial charge is 0.227 e. The molecule has 1 aliphatic rings. The summed E-state index contributed by atoms with van der Waals surface area (Å²) in [6.45, 7) is 5.12. The number of rotatable bonds is 6. The number of nitrogens with one attached hydrogen (secondary N) is 1. The van der Waals surface area contributed by atoms with E-state index in [1.807, 2.05) is 50.2 Å². The number of carbonyl (C=O) groups excluding carboxylic acids is 2. The van der Waals surface area contributed by atoms with Crippen molar-refractivity contribution in [2.75, 3.05) is 18.0 Å². The zero-order valence-electron chi connectivity index (χ0n) is 15.5. The molecule has 2 aromatic carbocycles. The molecule has 1 saturated heterocycles. The summed E-state index contributed by atoms with van der Waals surface area (Å²) in [5.41, 5.74) is 4.38. The maximum Gasteiger partial charge on any atom is 0.227 e. The summed E-state index contributed by atoms with van der Waals surface area (Å²) >= 11 is 0. The number of hydrogen-bond acceptors (Lipinski definition) is 2. The lowest BCUT2D eigenvalue weighted by atomic mass is 10.1. The van der Waals surface area contributed by atoms with Gasteiger partial charge >= 0.3 is 0 Å². The highest BCUT2D eigenvalue weighted by Gasteiger charge is 2.35. The topological polar surface area (TPSA) is 49.4 Å². The first-order chi connectivity index (χ1) is 12.5. The van der Waals surface area contributed by atoms with E-state index >= 15 is 0 Å². The molecular weight excluding hydrogens is 324 g/mol. The molecule has 26 heavy (non-hydrogen) atoms. The molecule has 1 fully saturated rings. The average molecular weight is 350 g/mol. The summed E-state index contributed by atoms with van der Waals surface area (Å²) in [7, 11) is 0. The van der Waals surface area contributed by atoms with Gasteiger partial charge in [0.05, 0.1) is 5.92 Å². The number of aryl methyl sites for hydroxylation is 3. The minimum atomic E-state index is -0.265. The molecule has 0 bridgehead atoms. The zero-order valence-corrected chi connectivity index (χ0v) is 15.5. The van der Waals surface area contributed by atoms with Crippen molar-refractivity contribution in [1.82, 2.24) is 5.32 Å². The number of hydrogen-bond donors (Lipinski definition) is 1. The Kier molecular flexibility index (Phi) is 5.71. The number of carbonyl (C=O) groups is 2. The number of benzene rings is 2. The molecular formula is C22H26N2O2. The second-order valence-corrected chi connectivity index (χ2v) is 7.08. The summed E-state index contributed by atoms with van der Waals surface area (Å²) in [6, 6.07) is 16.3. The van der Waals surface area contributed by atoms with Gasteiger partial charge < -0.3 is 10.2 Å². The van der Waals surface area contributed by atoms with Gasteiger partial charge in [-0.1, -0.05) is 42.5 Å². The summed E-state index contributed by atoms with van der Waals surface area (Å²) in [4.78, 5) is 26.6. The fraction of sp³-hybridized carbons (Fsp3) is 0.364. The van der Waals surface area contributed by atoms with E-state index in [0.29, 0.717) is 13.1 Å². The van der Waals surface area contributed by atoms with Crippen LogP contribution in [-0.2, 0) is 16.0 Å². The molecule has 1 N–H and O–H groups in total. The maximum atomic E-state index is 12.4. The highest BCUT2D eigenvalue weighted by Crippen LogP contribution is 2.28. The molecule has 0 spiro atoms. The molecule has 0 saturated carbocycles. The Morgan fingerprint density at radius 3 is 2.69 bits per heavy atom. The maximum absolute atomic E-state index is 12.4. The van der Waals surface area contributed by atoms with E-state index in [-0.39, 0.29) is 24.2 Å². The lowest BCUT2D eigenvalue weighted by Gasteiger charge is -2.19. The Labute approximate surface area is 155 Å². The molecule has 3 rings (SSSR count). The van der Waals surface area contributed by atoms with E-state index in [0.717, 1.165) is 29.7 Å². The van der Waals surface area contributed by atoms with Crippen molar-refractivity contribution < 1.29 is 9.59 Å². The van der Waals surface area contributed by atoms with Crippen LogP contribution in [0.3, 0.4) is 0 Å². The Morgan fingerprint density at radius 1 is 1.15 bits per heavy atom. The second kappa shape index (κ2) is 8.17. The van der Waals surface area contributed by atoms with Crippen LogP contribution in [0.4, 0.5) is 5.69 Å². The molecule has 0 radical (unpaired) electrons.